The third-order valence-corrected chi connectivity index (χ3v) is 4.75. The molecule has 8 heteroatoms. The lowest BCUT2D eigenvalue weighted by molar-refractivity contribution is -0.130. The van der Waals surface area contributed by atoms with Gasteiger partial charge in [-0.25, -0.2) is 0 Å². The number of amides is 2. The van der Waals surface area contributed by atoms with Crippen molar-refractivity contribution >= 4 is 53.1 Å². The maximum atomic E-state index is 12.5. The summed E-state index contributed by atoms with van der Waals surface area (Å²) in [5.41, 5.74) is 5.71. The Morgan fingerprint density at radius 3 is 2.67 bits per heavy atom. The van der Waals surface area contributed by atoms with Gasteiger partial charge in [-0.3, -0.25) is 9.59 Å². The largest absolute Gasteiger partial charge is 0.343 e. The van der Waals surface area contributed by atoms with Crippen LogP contribution in [0.4, 0.5) is 5.69 Å². The average molecular weight is 395 g/mol. The topological polar surface area (TPSA) is 75.4 Å². The monoisotopic (exact) mass is 393 g/mol. The lowest BCUT2D eigenvalue weighted by Crippen LogP contribution is -2.55. The molecule has 0 saturated carbocycles. The van der Waals surface area contributed by atoms with E-state index in [9.17, 15) is 9.59 Å². The van der Waals surface area contributed by atoms with Gasteiger partial charge in [0, 0.05) is 12.2 Å². The molecule has 0 radical (unpaired) electrons. The van der Waals surface area contributed by atoms with Crippen LogP contribution in [0.3, 0.4) is 0 Å². The normalized spacial score (nSPS) is 19.6. The van der Waals surface area contributed by atoms with Gasteiger partial charge in [0.25, 0.3) is 0 Å². The van der Waals surface area contributed by atoms with E-state index in [2.05, 4.69) is 5.32 Å². The first-order valence-electron chi connectivity index (χ1n) is 7.62. The highest BCUT2D eigenvalue weighted by Crippen LogP contribution is 2.29. The quantitative estimate of drug-likeness (QED) is 0.805. The Balaban J connectivity index is 0.00000288. The number of benzene rings is 1. The highest BCUT2D eigenvalue weighted by Gasteiger charge is 2.37. The van der Waals surface area contributed by atoms with Gasteiger partial charge < -0.3 is 16.0 Å². The third-order valence-electron chi connectivity index (χ3n) is 4.01. The molecule has 1 fully saturated rings. The number of halogens is 3. The third kappa shape index (κ3) is 4.54. The first kappa shape index (κ1) is 21.0. The van der Waals surface area contributed by atoms with Crippen LogP contribution in [0, 0.1) is 0 Å². The van der Waals surface area contributed by atoms with E-state index < -0.39 is 11.6 Å². The van der Waals surface area contributed by atoms with E-state index in [4.69, 9.17) is 28.9 Å². The number of nitrogens with two attached hydrogens (primary N) is 1. The summed E-state index contributed by atoms with van der Waals surface area (Å²) in [6.07, 6.45) is 1.90. The Morgan fingerprint density at radius 2 is 2.08 bits per heavy atom. The molecule has 1 aliphatic heterocycles. The molecule has 134 valence electrons. The molecule has 3 N–H and O–H groups in total. The van der Waals surface area contributed by atoms with Gasteiger partial charge in [-0.15, -0.1) is 12.4 Å². The molecule has 2 atom stereocenters. The summed E-state index contributed by atoms with van der Waals surface area (Å²) in [7, 11) is 0. The smallest absolute Gasteiger partial charge is 0.249 e. The fraction of sp³-hybridized carbons (Fsp3) is 0.500. The molecule has 0 aliphatic carbocycles. The van der Waals surface area contributed by atoms with Gasteiger partial charge in [0.05, 0.1) is 15.6 Å². The van der Waals surface area contributed by atoms with Crippen LogP contribution in [-0.4, -0.2) is 29.9 Å². The van der Waals surface area contributed by atoms with Crippen LogP contribution in [0.2, 0.25) is 10.0 Å². The van der Waals surface area contributed by atoms with Gasteiger partial charge >= 0.3 is 0 Å². The molecule has 2 unspecified atom stereocenters. The van der Waals surface area contributed by atoms with Crippen molar-refractivity contribution in [2.75, 3.05) is 11.4 Å². The fourth-order valence-corrected chi connectivity index (χ4v) is 2.97. The second kappa shape index (κ2) is 8.39. The molecular weight excluding hydrogens is 373 g/mol. The zero-order valence-electron chi connectivity index (χ0n) is 13.6. The maximum Gasteiger partial charge on any atom is 0.249 e. The molecule has 1 saturated heterocycles. The number of hydrogen-bond acceptors (Lipinski definition) is 3. The SMILES string of the molecule is CCCC(C)(N)C(=O)NC1CCN(c2ccc(Cl)c(Cl)c2)C1=O.Cl. The second-order valence-electron chi connectivity index (χ2n) is 6.07. The van der Waals surface area contributed by atoms with Crippen LogP contribution < -0.4 is 16.0 Å². The van der Waals surface area contributed by atoms with E-state index in [0.29, 0.717) is 35.1 Å². The van der Waals surface area contributed by atoms with Crippen LogP contribution >= 0.6 is 35.6 Å². The number of anilines is 1. The second-order valence-corrected chi connectivity index (χ2v) is 6.88. The van der Waals surface area contributed by atoms with Crippen molar-refractivity contribution in [2.24, 2.45) is 5.73 Å². The van der Waals surface area contributed by atoms with Gasteiger partial charge in [0.2, 0.25) is 11.8 Å². The lowest BCUT2D eigenvalue weighted by Gasteiger charge is -2.25. The van der Waals surface area contributed by atoms with Gasteiger partial charge in [-0.2, -0.15) is 0 Å². The minimum absolute atomic E-state index is 0. The Hall–Kier alpha value is -1.01. The van der Waals surface area contributed by atoms with Crippen LogP contribution in [0.5, 0.6) is 0 Å². The number of nitrogens with one attached hydrogen (secondary N) is 1. The van der Waals surface area contributed by atoms with Crippen molar-refractivity contribution in [1.29, 1.82) is 0 Å². The number of carbonyl (C=O) groups is 2. The number of hydrogen-bond donors (Lipinski definition) is 2. The van der Waals surface area contributed by atoms with Gasteiger partial charge in [0.1, 0.15) is 6.04 Å². The van der Waals surface area contributed by atoms with Crippen molar-refractivity contribution < 1.29 is 9.59 Å². The molecule has 0 aromatic heterocycles. The zero-order valence-corrected chi connectivity index (χ0v) is 16.0. The Bertz CT molecular complexity index is 623. The first-order chi connectivity index (χ1) is 10.8. The standard InChI is InChI=1S/C16H21Cl2N3O2.ClH/c1-3-7-16(2,19)15(23)20-13-6-8-21(14(13)22)10-4-5-11(17)12(18)9-10;/h4-5,9,13H,3,6-8,19H2,1-2H3,(H,20,23);1H. The fourth-order valence-electron chi connectivity index (χ4n) is 2.68. The molecule has 5 nitrogen and oxygen atoms in total. The summed E-state index contributed by atoms with van der Waals surface area (Å²) >= 11 is 11.9. The van der Waals surface area contributed by atoms with Crippen molar-refractivity contribution in [2.45, 2.75) is 44.7 Å². The number of nitrogens with zero attached hydrogens (tertiary/aromatic N) is 1. The number of rotatable bonds is 5. The molecule has 1 aliphatic rings. The average Bonchev–Trinajstić information content (AvgIpc) is 2.83. The Morgan fingerprint density at radius 1 is 1.42 bits per heavy atom. The summed E-state index contributed by atoms with van der Waals surface area (Å²) < 4.78 is 0. The molecule has 1 aromatic rings. The van der Waals surface area contributed by atoms with Crippen molar-refractivity contribution in [3.8, 4) is 0 Å². The molecule has 2 rings (SSSR count). The van der Waals surface area contributed by atoms with E-state index in [1.54, 1.807) is 30.0 Å². The highest BCUT2D eigenvalue weighted by molar-refractivity contribution is 6.42. The Labute approximate surface area is 158 Å². The summed E-state index contributed by atoms with van der Waals surface area (Å²) in [6, 6.07) is 4.48. The van der Waals surface area contributed by atoms with Gasteiger partial charge in [-0.05, 0) is 38.0 Å². The van der Waals surface area contributed by atoms with Crippen molar-refractivity contribution in [3.05, 3.63) is 28.2 Å². The molecule has 1 aromatic carbocycles. The minimum Gasteiger partial charge on any atom is -0.343 e. The van der Waals surface area contributed by atoms with E-state index in [-0.39, 0.29) is 24.2 Å². The molecular formula is C16H22Cl3N3O2. The lowest BCUT2D eigenvalue weighted by atomic mass is 9.96. The summed E-state index contributed by atoms with van der Waals surface area (Å²) in [5, 5.41) is 3.59. The molecule has 1 heterocycles. The van der Waals surface area contributed by atoms with Crippen LogP contribution in [0.25, 0.3) is 0 Å². The van der Waals surface area contributed by atoms with E-state index in [1.807, 2.05) is 6.92 Å². The van der Waals surface area contributed by atoms with Gasteiger partial charge in [-0.1, -0.05) is 36.5 Å². The van der Waals surface area contributed by atoms with Crippen LogP contribution in [-0.2, 0) is 9.59 Å². The maximum absolute atomic E-state index is 12.5. The minimum atomic E-state index is -0.966. The van der Waals surface area contributed by atoms with Gasteiger partial charge in [0.15, 0.2) is 0 Å². The predicted octanol–water partition coefficient (Wildman–Crippen LogP) is 3.15. The highest BCUT2D eigenvalue weighted by atomic mass is 35.5. The van der Waals surface area contributed by atoms with Crippen LogP contribution in [0.1, 0.15) is 33.1 Å². The molecule has 0 bridgehead atoms. The molecule has 0 spiro atoms. The predicted molar refractivity (Wildman–Crippen MR) is 100 cm³/mol. The molecule has 2 amide bonds. The summed E-state index contributed by atoms with van der Waals surface area (Å²) in [5.74, 6) is -0.460. The van der Waals surface area contributed by atoms with Crippen molar-refractivity contribution in [3.63, 3.8) is 0 Å². The van der Waals surface area contributed by atoms with Crippen molar-refractivity contribution in [1.82, 2.24) is 5.32 Å². The Kier molecular flexibility index (Phi) is 7.35. The van der Waals surface area contributed by atoms with E-state index >= 15 is 0 Å². The zero-order chi connectivity index (χ0) is 17.2. The summed E-state index contributed by atoms with van der Waals surface area (Å²) in [4.78, 5) is 26.4. The summed E-state index contributed by atoms with van der Waals surface area (Å²) in [6.45, 7) is 4.16. The first-order valence-corrected chi connectivity index (χ1v) is 8.38. The van der Waals surface area contributed by atoms with Crippen LogP contribution in [0.15, 0.2) is 18.2 Å². The number of carbonyl (C=O) groups excluding carboxylic acids is 2. The molecule has 24 heavy (non-hydrogen) atoms. The van der Waals surface area contributed by atoms with E-state index in [0.717, 1.165) is 6.42 Å². The van der Waals surface area contributed by atoms with E-state index in [1.165, 1.54) is 0 Å².